The van der Waals surface area contributed by atoms with Gasteiger partial charge in [-0.2, -0.15) is 0 Å². The van der Waals surface area contributed by atoms with Crippen molar-refractivity contribution in [3.05, 3.63) is 12.2 Å². The van der Waals surface area contributed by atoms with Gasteiger partial charge in [-0.25, -0.2) is 0 Å². The van der Waals surface area contributed by atoms with Crippen LogP contribution in [0.25, 0.3) is 0 Å². The van der Waals surface area contributed by atoms with Crippen LogP contribution in [0.3, 0.4) is 0 Å². The van der Waals surface area contributed by atoms with Crippen LogP contribution in [-0.2, 0) is 9.59 Å². The van der Waals surface area contributed by atoms with Gasteiger partial charge >= 0.3 is 0 Å². The van der Waals surface area contributed by atoms with Crippen molar-refractivity contribution < 1.29 is 9.59 Å². The first-order valence-corrected chi connectivity index (χ1v) is 3.40. The first kappa shape index (κ1) is 7.19. The van der Waals surface area contributed by atoms with E-state index in [-0.39, 0.29) is 17.5 Å². The van der Waals surface area contributed by atoms with Gasteiger partial charge in [-0.15, -0.1) is 0 Å². The van der Waals surface area contributed by atoms with Crippen LogP contribution in [-0.4, -0.2) is 11.6 Å². The van der Waals surface area contributed by atoms with Crippen molar-refractivity contribution in [2.24, 2.45) is 5.92 Å². The van der Waals surface area contributed by atoms with Crippen LogP contribution in [0, 0.1) is 5.92 Å². The summed E-state index contributed by atoms with van der Waals surface area (Å²) in [5, 5.41) is 0. The highest BCUT2D eigenvalue weighted by Crippen LogP contribution is 2.15. The van der Waals surface area contributed by atoms with Crippen molar-refractivity contribution in [3.63, 3.8) is 0 Å². The largest absolute Gasteiger partial charge is 0.300 e. The summed E-state index contributed by atoms with van der Waals surface area (Å²) in [6.07, 6.45) is 4.48. The quantitative estimate of drug-likeness (QED) is 0.544. The van der Waals surface area contributed by atoms with Crippen LogP contribution in [0.2, 0.25) is 0 Å². The van der Waals surface area contributed by atoms with Crippen molar-refractivity contribution in [1.82, 2.24) is 0 Å². The lowest BCUT2D eigenvalue weighted by atomic mass is 9.91. The summed E-state index contributed by atoms with van der Waals surface area (Å²) in [5.74, 6) is 0.154. The molecule has 1 unspecified atom stereocenters. The first-order chi connectivity index (χ1) is 4.70. The molecule has 0 aromatic carbocycles. The summed E-state index contributed by atoms with van der Waals surface area (Å²) < 4.78 is 0. The molecule has 0 aromatic heterocycles. The molecule has 1 aliphatic rings. The number of Topliss-reactive ketones (excluding diaryl/α,β-unsaturated/α-hetero) is 1. The Morgan fingerprint density at radius 2 is 2.40 bits per heavy atom. The van der Waals surface area contributed by atoms with E-state index in [1.165, 1.54) is 6.92 Å². The molecule has 0 bridgehead atoms. The van der Waals surface area contributed by atoms with Gasteiger partial charge < -0.3 is 0 Å². The maximum absolute atomic E-state index is 10.8. The van der Waals surface area contributed by atoms with Crippen molar-refractivity contribution in [3.8, 4) is 0 Å². The van der Waals surface area contributed by atoms with Gasteiger partial charge in [-0.1, -0.05) is 6.08 Å². The van der Waals surface area contributed by atoms with E-state index in [2.05, 4.69) is 0 Å². The molecule has 0 saturated carbocycles. The summed E-state index contributed by atoms with van der Waals surface area (Å²) in [4.78, 5) is 21.5. The fraction of sp³-hybridized carbons (Fsp3) is 0.500. The van der Waals surface area contributed by atoms with Gasteiger partial charge in [0.2, 0.25) is 0 Å². The third-order valence-electron chi connectivity index (χ3n) is 1.75. The molecule has 0 saturated heterocycles. The van der Waals surface area contributed by atoms with E-state index in [0.717, 1.165) is 6.42 Å². The number of allylic oxidation sites excluding steroid dienone is 2. The molecule has 0 radical (unpaired) electrons. The highest BCUT2D eigenvalue weighted by atomic mass is 16.1. The summed E-state index contributed by atoms with van der Waals surface area (Å²) in [7, 11) is 0. The van der Waals surface area contributed by atoms with Gasteiger partial charge in [-0.3, -0.25) is 9.59 Å². The number of ketones is 2. The Morgan fingerprint density at radius 3 is 2.80 bits per heavy atom. The molecule has 0 fully saturated rings. The molecule has 0 heterocycles. The maximum atomic E-state index is 10.8. The zero-order valence-corrected chi connectivity index (χ0v) is 5.96. The zero-order valence-electron chi connectivity index (χ0n) is 5.96. The van der Waals surface area contributed by atoms with Crippen molar-refractivity contribution >= 4 is 11.6 Å². The second-order valence-corrected chi connectivity index (χ2v) is 2.62. The van der Waals surface area contributed by atoms with Crippen LogP contribution in [0.5, 0.6) is 0 Å². The SMILES string of the molecule is CC(=O)C1CC=CC(=O)C1. The van der Waals surface area contributed by atoms with Gasteiger partial charge in [0.15, 0.2) is 5.78 Å². The Labute approximate surface area is 59.9 Å². The number of rotatable bonds is 1. The van der Waals surface area contributed by atoms with E-state index in [9.17, 15) is 9.59 Å². The highest BCUT2D eigenvalue weighted by Gasteiger charge is 2.18. The summed E-state index contributed by atoms with van der Waals surface area (Å²) in [6, 6.07) is 0. The predicted octanol–water partition coefficient (Wildman–Crippen LogP) is 1.11. The number of hydrogen-bond donors (Lipinski definition) is 0. The Bertz CT molecular complexity index is 191. The van der Waals surface area contributed by atoms with Crippen molar-refractivity contribution in [2.75, 3.05) is 0 Å². The minimum absolute atomic E-state index is 0.0440. The molecular weight excluding hydrogens is 128 g/mol. The van der Waals surface area contributed by atoms with Crippen LogP contribution < -0.4 is 0 Å². The van der Waals surface area contributed by atoms with Gasteiger partial charge in [-0.05, 0) is 19.4 Å². The number of carbonyl (C=O) groups is 2. The second-order valence-electron chi connectivity index (χ2n) is 2.62. The molecule has 0 aromatic rings. The van der Waals surface area contributed by atoms with E-state index < -0.39 is 0 Å². The lowest BCUT2D eigenvalue weighted by Gasteiger charge is -2.12. The van der Waals surface area contributed by atoms with Gasteiger partial charge in [0.25, 0.3) is 0 Å². The molecular formula is C8H10O2. The van der Waals surface area contributed by atoms with Crippen molar-refractivity contribution in [1.29, 1.82) is 0 Å². The van der Waals surface area contributed by atoms with Crippen molar-refractivity contribution in [2.45, 2.75) is 19.8 Å². The Kier molecular flexibility index (Phi) is 2.00. The number of hydrogen-bond acceptors (Lipinski definition) is 2. The van der Waals surface area contributed by atoms with E-state index in [1.54, 1.807) is 12.2 Å². The van der Waals surface area contributed by atoms with E-state index >= 15 is 0 Å². The van der Waals surface area contributed by atoms with Gasteiger partial charge in [0.05, 0.1) is 0 Å². The summed E-state index contributed by atoms with van der Waals surface area (Å²) >= 11 is 0. The smallest absolute Gasteiger partial charge is 0.156 e. The molecule has 1 rings (SSSR count). The maximum Gasteiger partial charge on any atom is 0.156 e. The first-order valence-electron chi connectivity index (χ1n) is 3.40. The molecule has 0 spiro atoms. The second kappa shape index (κ2) is 2.78. The summed E-state index contributed by atoms with van der Waals surface area (Å²) in [5.41, 5.74) is 0. The Morgan fingerprint density at radius 1 is 1.70 bits per heavy atom. The minimum atomic E-state index is -0.0440. The van der Waals surface area contributed by atoms with E-state index in [4.69, 9.17) is 0 Å². The molecule has 0 N–H and O–H groups in total. The fourth-order valence-corrected chi connectivity index (χ4v) is 1.07. The van der Waals surface area contributed by atoms with Gasteiger partial charge in [0.1, 0.15) is 5.78 Å². The normalized spacial score (nSPS) is 24.9. The van der Waals surface area contributed by atoms with Crippen LogP contribution >= 0.6 is 0 Å². The van der Waals surface area contributed by atoms with E-state index in [1.807, 2.05) is 0 Å². The molecule has 1 aliphatic carbocycles. The zero-order chi connectivity index (χ0) is 7.56. The lowest BCUT2D eigenvalue weighted by molar-refractivity contribution is -0.125. The molecule has 10 heavy (non-hydrogen) atoms. The molecule has 0 aliphatic heterocycles. The lowest BCUT2D eigenvalue weighted by Crippen LogP contribution is -2.17. The molecule has 54 valence electrons. The van der Waals surface area contributed by atoms with Crippen LogP contribution in [0.4, 0.5) is 0 Å². The minimum Gasteiger partial charge on any atom is -0.300 e. The average Bonchev–Trinajstić information content (AvgIpc) is 1.88. The predicted molar refractivity (Wildman–Crippen MR) is 37.6 cm³/mol. The summed E-state index contributed by atoms with van der Waals surface area (Å²) in [6.45, 7) is 1.54. The van der Waals surface area contributed by atoms with Crippen LogP contribution in [0.15, 0.2) is 12.2 Å². The Balaban J connectivity index is 2.60. The molecule has 2 nitrogen and oxygen atoms in total. The third kappa shape index (κ3) is 1.53. The molecule has 2 heteroatoms. The van der Waals surface area contributed by atoms with E-state index in [0.29, 0.717) is 6.42 Å². The topological polar surface area (TPSA) is 34.1 Å². The molecule has 1 atom stereocenters. The Hall–Kier alpha value is -0.920. The van der Waals surface area contributed by atoms with Gasteiger partial charge in [0, 0.05) is 12.3 Å². The number of carbonyl (C=O) groups excluding carboxylic acids is 2. The third-order valence-corrected chi connectivity index (χ3v) is 1.75. The van der Waals surface area contributed by atoms with Crippen LogP contribution in [0.1, 0.15) is 19.8 Å². The standard InChI is InChI=1S/C8H10O2/c1-6(9)7-3-2-4-8(10)5-7/h2,4,7H,3,5H2,1H3. The highest BCUT2D eigenvalue weighted by molar-refractivity contribution is 5.94. The average molecular weight is 138 g/mol. The monoisotopic (exact) mass is 138 g/mol. The fourth-order valence-electron chi connectivity index (χ4n) is 1.07. The molecule has 0 amide bonds.